The molecule has 15 heavy (non-hydrogen) atoms. The molecule has 0 N–H and O–H groups in total. The number of ketones is 1. The Balaban J connectivity index is 2.12. The second kappa shape index (κ2) is 4.75. The van der Waals surface area contributed by atoms with E-state index >= 15 is 0 Å². The molecule has 1 aromatic heterocycles. The first-order valence-corrected chi connectivity index (χ1v) is 6.23. The highest BCUT2D eigenvalue weighted by Gasteiger charge is 2.13. The lowest BCUT2D eigenvalue weighted by atomic mass is 10.2. The van der Waals surface area contributed by atoms with Gasteiger partial charge in [0.25, 0.3) is 0 Å². The number of pyridine rings is 1. The zero-order chi connectivity index (χ0) is 10.7. The van der Waals surface area contributed by atoms with Gasteiger partial charge in [-0.3, -0.25) is 4.79 Å². The van der Waals surface area contributed by atoms with Crippen molar-refractivity contribution in [2.75, 3.05) is 23.3 Å². The topological polar surface area (TPSA) is 33.2 Å². The molecule has 0 amide bonds. The van der Waals surface area contributed by atoms with Crippen molar-refractivity contribution in [1.82, 2.24) is 4.98 Å². The van der Waals surface area contributed by atoms with Gasteiger partial charge in [0.2, 0.25) is 0 Å². The van der Waals surface area contributed by atoms with E-state index in [2.05, 4.69) is 25.8 Å². The summed E-state index contributed by atoms with van der Waals surface area (Å²) in [6, 6.07) is 3.78. The highest BCUT2D eigenvalue weighted by molar-refractivity contribution is 9.09. The fourth-order valence-corrected chi connectivity index (χ4v) is 2.09. The summed E-state index contributed by atoms with van der Waals surface area (Å²) in [6.45, 7) is 2.16. The van der Waals surface area contributed by atoms with E-state index in [0.717, 1.165) is 18.9 Å². The molecule has 1 aromatic rings. The molecule has 4 heteroatoms. The average Bonchev–Trinajstić information content (AvgIpc) is 2.82. The largest absolute Gasteiger partial charge is 0.357 e. The molecule has 0 atom stereocenters. The number of hydrogen-bond donors (Lipinski definition) is 0. The predicted octanol–water partition coefficient (Wildman–Crippen LogP) is 2.26. The molecule has 2 rings (SSSR count). The lowest BCUT2D eigenvalue weighted by Crippen LogP contribution is -2.19. The number of nitrogens with zero attached hydrogens (tertiary/aromatic N) is 2. The second-order valence-corrected chi connectivity index (χ2v) is 4.22. The molecular weight excluding hydrogens is 256 g/mol. The van der Waals surface area contributed by atoms with Crippen molar-refractivity contribution in [2.24, 2.45) is 0 Å². The maximum absolute atomic E-state index is 11.3. The Labute approximate surface area is 97.6 Å². The van der Waals surface area contributed by atoms with Crippen LogP contribution in [0.4, 0.5) is 5.82 Å². The van der Waals surface area contributed by atoms with Gasteiger partial charge < -0.3 is 4.90 Å². The number of hydrogen-bond acceptors (Lipinski definition) is 3. The van der Waals surface area contributed by atoms with E-state index < -0.39 is 0 Å². The summed E-state index contributed by atoms with van der Waals surface area (Å²) in [5.41, 5.74) is 0.676. The van der Waals surface area contributed by atoms with E-state index in [-0.39, 0.29) is 5.78 Å². The highest BCUT2D eigenvalue weighted by atomic mass is 79.9. The van der Waals surface area contributed by atoms with Gasteiger partial charge in [0.05, 0.1) is 5.33 Å². The summed E-state index contributed by atoms with van der Waals surface area (Å²) in [7, 11) is 0. The minimum Gasteiger partial charge on any atom is -0.357 e. The molecule has 0 saturated carbocycles. The zero-order valence-corrected chi connectivity index (χ0v) is 10.0. The Morgan fingerprint density at radius 1 is 1.40 bits per heavy atom. The van der Waals surface area contributed by atoms with Gasteiger partial charge in [-0.1, -0.05) is 15.9 Å². The number of carbonyl (C=O) groups excluding carboxylic acids is 1. The van der Waals surface area contributed by atoms with Crippen molar-refractivity contribution in [3.05, 3.63) is 23.9 Å². The third-order valence-corrected chi connectivity index (χ3v) is 3.13. The van der Waals surface area contributed by atoms with Gasteiger partial charge in [0.1, 0.15) is 5.82 Å². The molecule has 1 aliphatic rings. The van der Waals surface area contributed by atoms with Crippen LogP contribution < -0.4 is 4.90 Å². The molecule has 1 fully saturated rings. The van der Waals surface area contributed by atoms with Crippen LogP contribution in [0.15, 0.2) is 18.3 Å². The standard InChI is InChI=1S/C11H13BrN2O/c12-7-10(15)9-3-4-11(13-8-9)14-5-1-2-6-14/h3-4,8H,1-2,5-7H2. The monoisotopic (exact) mass is 268 g/mol. The second-order valence-electron chi connectivity index (χ2n) is 3.66. The van der Waals surface area contributed by atoms with E-state index in [1.165, 1.54) is 12.8 Å². The summed E-state index contributed by atoms with van der Waals surface area (Å²) < 4.78 is 0. The maximum atomic E-state index is 11.3. The zero-order valence-electron chi connectivity index (χ0n) is 8.45. The van der Waals surface area contributed by atoms with Gasteiger partial charge in [-0.15, -0.1) is 0 Å². The lowest BCUT2D eigenvalue weighted by molar-refractivity contribution is 0.102. The van der Waals surface area contributed by atoms with Gasteiger partial charge >= 0.3 is 0 Å². The van der Waals surface area contributed by atoms with Crippen molar-refractivity contribution >= 4 is 27.5 Å². The number of aromatic nitrogens is 1. The summed E-state index contributed by atoms with van der Waals surface area (Å²) in [5, 5.41) is 0.359. The van der Waals surface area contributed by atoms with Crippen LogP contribution in [0, 0.1) is 0 Å². The van der Waals surface area contributed by atoms with Crippen LogP contribution in [0.2, 0.25) is 0 Å². The van der Waals surface area contributed by atoms with Gasteiger partial charge in [0, 0.05) is 24.8 Å². The number of anilines is 1. The van der Waals surface area contributed by atoms with Crippen LogP contribution in [0.5, 0.6) is 0 Å². The molecule has 0 radical (unpaired) electrons. The summed E-state index contributed by atoms with van der Waals surface area (Å²) in [5.74, 6) is 1.06. The third kappa shape index (κ3) is 2.37. The smallest absolute Gasteiger partial charge is 0.174 e. The van der Waals surface area contributed by atoms with Crippen LogP contribution in [-0.4, -0.2) is 29.2 Å². The molecule has 3 nitrogen and oxygen atoms in total. The van der Waals surface area contributed by atoms with Gasteiger partial charge in [-0.2, -0.15) is 0 Å². The molecule has 80 valence electrons. The normalized spacial score (nSPS) is 15.7. The number of rotatable bonds is 3. The molecule has 0 bridgehead atoms. The first-order valence-electron chi connectivity index (χ1n) is 5.11. The minimum absolute atomic E-state index is 0.0791. The molecule has 1 saturated heterocycles. The molecule has 0 spiro atoms. The van der Waals surface area contributed by atoms with Crippen molar-refractivity contribution in [1.29, 1.82) is 0 Å². The van der Waals surface area contributed by atoms with Gasteiger partial charge in [-0.25, -0.2) is 4.98 Å². The van der Waals surface area contributed by atoms with E-state index in [1.807, 2.05) is 12.1 Å². The van der Waals surface area contributed by atoms with Crippen LogP contribution in [-0.2, 0) is 0 Å². The average molecular weight is 269 g/mol. The number of Topliss-reactive ketones (excluding diaryl/α,β-unsaturated/α-hetero) is 1. The first kappa shape index (κ1) is 10.6. The Kier molecular flexibility index (Phi) is 3.36. The Morgan fingerprint density at radius 2 is 2.13 bits per heavy atom. The van der Waals surface area contributed by atoms with Gasteiger partial charge in [-0.05, 0) is 25.0 Å². The SMILES string of the molecule is O=C(CBr)c1ccc(N2CCCC2)nc1. The number of alkyl halides is 1. The maximum Gasteiger partial charge on any atom is 0.174 e. The van der Waals surface area contributed by atoms with Gasteiger partial charge in [0.15, 0.2) is 5.78 Å². The highest BCUT2D eigenvalue weighted by Crippen LogP contribution is 2.17. The van der Waals surface area contributed by atoms with Crippen LogP contribution in [0.3, 0.4) is 0 Å². The molecule has 0 aliphatic carbocycles. The fraction of sp³-hybridized carbons (Fsp3) is 0.455. The number of halogens is 1. The van der Waals surface area contributed by atoms with Crippen molar-refractivity contribution < 1.29 is 4.79 Å². The Hall–Kier alpha value is -0.900. The minimum atomic E-state index is 0.0791. The van der Waals surface area contributed by atoms with Crippen LogP contribution >= 0.6 is 15.9 Å². The van der Waals surface area contributed by atoms with Crippen molar-refractivity contribution in [2.45, 2.75) is 12.8 Å². The molecule has 0 aromatic carbocycles. The summed E-state index contributed by atoms with van der Waals surface area (Å²) in [4.78, 5) is 17.9. The lowest BCUT2D eigenvalue weighted by Gasteiger charge is -2.15. The van der Waals surface area contributed by atoms with Crippen molar-refractivity contribution in [3.63, 3.8) is 0 Å². The molecule has 2 heterocycles. The van der Waals surface area contributed by atoms with E-state index in [9.17, 15) is 4.79 Å². The fourth-order valence-electron chi connectivity index (χ4n) is 1.76. The van der Waals surface area contributed by atoms with Crippen LogP contribution in [0.25, 0.3) is 0 Å². The quantitative estimate of drug-likeness (QED) is 0.623. The molecular formula is C11H13BrN2O. The number of carbonyl (C=O) groups is 1. The first-order chi connectivity index (χ1) is 7.31. The summed E-state index contributed by atoms with van der Waals surface area (Å²) >= 11 is 3.15. The third-order valence-electron chi connectivity index (χ3n) is 2.62. The van der Waals surface area contributed by atoms with E-state index in [0.29, 0.717) is 10.9 Å². The molecule has 0 unspecified atom stereocenters. The predicted molar refractivity (Wildman–Crippen MR) is 63.8 cm³/mol. The van der Waals surface area contributed by atoms with Crippen LogP contribution in [0.1, 0.15) is 23.2 Å². The Morgan fingerprint density at radius 3 is 2.67 bits per heavy atom. The molecule has 1 aliphatic heterocycles. The van der Waals surface area contributed by atoms with E-state index in [4.69, 9.17) is 0 Å². The van der Waals surface area contributed by atoms with Crippen molar-refractivity contribution in [3.8, 4) is 0 Å². The summed E-state index contributed by atoms with van der Waals surface area (Å²) in [6.07, 6.45) is 4.14. The Bertz CT molecular complexity index is 344. The van der Waals surface area contributed by atoms with E-state index in [1.54, 1.807) is 6.20 Å².